The van der Waals surface area contributed by atoms with Crippen LogP contribution in [0, 0.1) is 19.8 Å². The highest BCUT2D eigenvalue weighted by atomic mass is 15.0. The number of anilines is 1. The SMILES string of the molecule is CCNc1nc(C2CCC(CC)CC2)nc(C)c1C. The van der Waals surface area contributed by atoms with Crippen LogP contribution in [0.1, 0.15) is 69.0 Å². The molecule has 0 bridgehead atoms. The van der Waals surface area contributed by atoms with Gasteiger partial charge in [0.05, 0.1) is 0 Å². The first kappa shape index (κ1) is 14.3. The highest BCUT2D eigenvalue weighted by Gasteiger charge is 2.24. The van der Waals surface area contributed by atoms with Crippen molar-refractivity contribution >= 4 is 5.82 Å². The van der Waals surface area contributed by atoms with E-state index in [1.54, 1.807) is 0 Å². The lowest BCUT2D eigenvalue weighted by atomic mass is 9.80. The molecule has 3 nitrogen and oxygen atoms in total. The minimum Gasteiger partial charge on any atom is -0.370 e. The van der Waals surface area contributed by atoms with Gasteiger partial charge in [-0.05, 0) is 52.4 Å². The zero-order valence-electron chi connectivity index (χ0n) is 12.8. The van der Waals surface area contributed by atoms with Gasteiger partial charge in [-0.2, -0.15) is 0 Å². The van der Waals surface area contributed by atoms with Gasteiger partial charge in [-0.25, -0.2) is 9.97 Å². The average Bonchev–Trinajstić information content (AvgIpc) is 2.44. The number of aromatic nitrogens is 2. The van der Waals surface area contributed by atoms with E-state index < -0.39 is 0 Å². The van der Waals surface area contributed by atoms with E-state index >= 15 is 0 Å². The molecular weight excluding hydrogens is 234 g/mol. The smallest absolute Gasteiger partial charge is 0.134 e. The van der Waals surface area contributed by atoms with Crippen molar-refractivity contribution in [2.24, 2.45) is 5.92 Å². The van der Waals surface area contributed by atoms with Crippen molar-refractivity contribution in [3.05, 3.63) is 17.1 Å². The summed E-state index contributed by atoms with van der Waals surface area (Å²) in [6, 6.07) is 0. The van der Waals surface area contributed by atoms with Crippen LogP contribution in [-0.2, 0) is 0 Å². The minimum atomic E-state index is 0.569. The molecule has 1 aromatic rings. The fraction of sp³-hybridized carbons (Fsp3) is 0.750. The Hall–Kier alpha value is -1.12. The van der Waals surface area contributed by atoms with Crippen molar-refractivity contribution in [1.29, 1.82) is 0 Å². The Bertz CT molecular complexity index is 420. The number of hydrogen-bond acceptors (Lipinski definition) is 3. The van der Waals surface area contributed by atoms with E-state index in [1.807, 2.05) is 0 Å². The number of rotatable bonds is 4. The van der Waals surface area contributed by atoms with Gasteiger partial charge in [0.25, 0.3) is 0 Å². The quantitative estimate of drug-likeness (QED) is 0.882. The van der Waals surface area contributed by atoms with Crippen LogP contribution in [0.4, 0.5) is 5.82 Å². The van der Waals surface area contributed by atoms with Crippen molar-refractivity contribution in [2.45, 2.75) is 65.7 Å². The largest absolute Gasteiger partial charge is 0.370 e. The summed E-state index contributed by atoms with van der Waals surface area (Å²) >= 11 is 0. The molecule has 1 aliphatic carbocycles. The first-order chi connectivity index (χ1) is 9.15. The van der Waals surface area contributed by atoms with Crippen LogP contribution < -0.4 is 5.32 Å². The predicted octanol–water partition coefficient (Wildman–Crippen LogP) is 4.21. The van der Waals surface area contributed by atoms with Crippen molar-refractivity contribution < 1.29 is 0 Å². The maximum Gasteiger partial charge on any atom is 0.134 e. The van der Waals surface area contributed by atoms with Gasteiger partial charge in [0, 0.05) is 23.7 Å². The Balaban J connectivity index is 2.16. The lowest BCUT2D eigenvalue weighted by Crippen LogP contribution is -2.17. The fourth-order valence-corrected chi connectivity index (χ4v) is 3.00. The Morgan fingerprint density at radius 1 is 1.05 bits per heavy atom. The minimum absolute atomic E-state index is 0.569. The third kappa shape index (κ3) is 3.26. The Kier molecular flexibility index (Phi) is 4.78. The van der Waals surface area contributed by atoms with Crippen molar-refractivity contribution in [1.82, 2.24) is 9.97 Å². The first-order valence-electron chi connectivity index (χ1n) is 7.74. The van der Waals surface area contributed by atoms with E-state index in [-0.39, 0.29) is 0 Å². The zero-order valence-corrected chi connectivity index (χ0v) is 12.8. The van der Waals surface area contributed by atoms with E-state index in [9.17, 15) is 0 Å². The third-order valence-electron chi connectivity index (χ3n) is 4.54. The summed E-state index contributed by atoms with van der Waals surface area (Å²) in [7, 11) is 0. The van der Waals surface area contributed by atoms with Gasteiger partial charge in [-0.15, -0.1) is 0 Å². The van der Waals surface area contributed by atoms with E-state index in [0.717, 1.165) is 29.8 Å². The molecule has 19 heavy (non-hydrogen) atoms. The third-order valence-corrected chi connectivity index (χ3v) is 4.54. The normalized spacial score (nSPS) is 23.4. The summed E-state index contributed by atoms with van der Waals surface area (Å²) < 4.78 is 0. The van der Waals surface area contributed by atoms with Crippen molar-refractivity contribution in [3.8, 4) is 0 Å². The number of hydrogen-bond donors (Lipinski definition) is 1. The van der Waals surface area contributed by atoms with Gasteiger partial charge >= 0.3 is 0 Å². The lowest BCUT2D eigenvalue weighted by molar-refractivity contribution is 0.312. The molecule has 3 heteroatoms. The fourth-order valence-electron chi connectivity index (χ4n) is 3.00. The second-order valence-electron chi connectivity index (χ2n) is 5.80. The molecule has 1 N–H and O–H groups in total. The summed E-state index contributed by atoms with van der Waals surface area (Å²) in [5.74, 6) is 3.59. The molecule has 0 spiro atoms. The van der Waals surface area contributed by atoms with Crippen LogP contribution >= 0.6 is 0 Å². The van der Waals surface area contributed by atoms with Crippen LogP contribution in [0.15, 0.2) is 0 Å². The monoisotopic (exact) mass is 261 g/mol. The number of nitrogens with zero attached hydrogens (tertiary/aromatic N) is 2. The Morgan fingerprint density at radius 2 is 1.74 bits per heavy atom. The van der Waals surface area contributed by atoms with E-state index in [1.165, 1.54) is 37.7 Å². The number of nitrogens with one attached hydrogen (secondary N) is 1. The lowest BCUT2D eigenvalue weighted by Gasteiger charge is -2.27. The summed E-state index contributed by atoms with van der Waals surface area (Å²) in [6.45, 7) is 9.53. The molecule has 106 valence electrons. The maximum atomic E-state index is 4.78. The van der Waals surface area contributed by atoms with Crippen LogP contribution in [0.5, 0.6) is 0 Å². The summed E-state index contributed by atoms with van der Waals surface area (Å²) in [5.41, 5.74) is 2.31. The Labute approximate surface area is 117 Å². The van der Waals surface area contributed by atoms with Gasteiger partial charge in [0.15, 0.2) is 0 Å². The van der Waals surface area contributed by atoms with Crippen LogP contribution in [0.2, 0.25) is 0 Å². The molecule has 1 aromatic heterocycles. The molecule has 0 aliphatic heterocycles. The molecule has 1 heterocycles. The molecule has 2 rings (SSSR count). The van der Waals surface area contributed by atoms with Crippen molar-refractivity contribution in [2.75, 3.05) is 11.9 Å². The van der Waals surface area contributed by atoms with E-state index in [0.29, 0.717) is 5.92 Å². The van der Waals surface area contributed by atoms with Gasteiger partial charge in [-0.1, -0.05) is 13.3 Å². The first-order valence-corrected chi connectivity index (χ1v) is 7.74. The molecule has 0 saturated heterocycles. The van der Waals surface area contributed by atoms with Crippen LogP contribution in [-0.4, -0.2) is 16.5 Å². The van der Waals surface area contributed by atoms with Crippen LogP contribution in [0.3, 0.4) is 0 Å². The maximum absolute atomic E-state index is 4.78. The zero-order chi connectivity index (χ0) is 13.8. The molecule has 0 atom stereocenters. The summed E-state index contributed by atoms with van der Waals surface area (Å²) in [4.78, 5) is 9.51. The molecule has 0 radical (unpaired) electrons. The topological polar surface area (TPSA) is 37.8 Å². The second kappa shape index (κ2) is 6.36. The highest BCUT2D eigenvalue weighted by Crippen LogP contribution is 2.36. The van der Waals surface area contributed by atoms with Gasteiger partial charge in [-0.3, -0.25) is 0 Å². The summed E-state index contributed by atoms with van der Waals surface area (Å²) in [6.07, 6.45) is 6.52. The van der Waals surface area contributed by atoms with E-state index in [2.05, 4.69) is 33.0 Å². The van der Waals surface area contributed by atoms with Crippen molar-refractivity contribution in [3.63, 3.8) is 0 Å². The molecule has 0 unspecified atom stereocenters. The predicted molar refractivity (Wildman–Crippen MR) is 80.7 cm³/mol. The van der Waals surface area contributed by atoms with Gasteiger partial charge < -0.3 is 5.32 Å². The highest BCUT2D eigenvalue weighted by molar-refractivity contribution is 5.45. The van der Waals surface area contributed by atoms with Crippen LogP contribution in [0.25, 0.3) is 0 Å². The summed E-state index contributed by atoms with van der Waals surface area (Å²) in [5, 5.41) is 3.36. The standard InChI is InChI=1S/C16H27N3/c1-5-13-7-9-14(10-8-13)16-18-12(4)11(3)15(19-16)17-6-2/h13-14H,5-10H2,1-4H3,(H,17,18,19). The van der Waals surface area contributed by atoms with Gasteiger partial charge in [0.1, 0.15) is 11.6 Å². The average molecular weight is 261 g/mol. The van der Waals surface area contributed by atoms with E-state index in [4.69, 9.17) is 9.97 Å². The molecule has 1 fully saturated rings. The molecular formula is C16H27N3. The second-order valence-corrected chi connectivity index (χ2v) is 5.80. The molecule has 1 aliphatic rings. The Morgan fingerprint density at radius 3 is 2.32 bits per heavy atom. The number of aryl methyl sites for hydroxylation is 1. The van der Waals surface area contributed by atoms with Gasteiger partial charge in [0.2, 0.25) is 0 Å². The molecule has 0 aromatic carbocycles. The molecule has 0 amide bonds. The molecule has 1 saturated carbocycles.